The van der Waals surface area contributed by atoms with Gasteiger partial charge in [-0.05, 0) is 19.1 Å². The summed E-state index contributed by atoms with van der Waals surface area (Å²) >= 11 is 0. The van der Waals surface area contributed by atoms with E-state index in [2.05, 4.69) is 0 Å². The van der Waals surface area contributed by atoms with Gasteiger partial charge in [-0.2, -0.15) is 0 Å². The quantitative estimate of drug-likeness (QED) is 0.872. The predicted octanol–water partition coefficient (Wildman–Crippen LogP) is 0.649. The van der Waals surface area contributed by atoms with E-state index in [1.165, 1.54) is 0 Å². The van der Waals surface area contributed by atoms with Crippen LogP contribution < -0.4 is 0 Å². The van der Waals surface area contributed by atoms with E-state index in [1.807, 2.05) is 24.6 Å². The highest BCUT2D eigenvalue weighted by atomic mass is 16.5. The lowest BCUT2D eigenvalue weighted by molar-refractivity contribution is -0.139. The Morgan fingerprint density at radius 3 is 2.79 bits per heavy atom. The topological polar surface area (TPSA) is 71.8 Å². The summed E-state index contributed by atoms with van der Waals surface area (Å²) in [6.45, 7) is 3.08. The molecule has 6 heteroatoms. The monoisotopic (exact) mass is 266 g/mol. The van der Waals surface area contributed by atoms with E-state index in [0.29, 0.717) is 18.8 Å². The molecular weight excluding hydrogens is 248 g/mol. The van der Waals surface area contributed by atoms with Crippen molar-refractivity contribution in [1.82, 2.24) is 9.47 Å². The van der Waals surface area contributed by atoms with Gasteiger partial charge >= 0.3 is 5.97 Å². The Morgan fingerprint density at radius 1 is 1.47 bits per heavy atom. The average Bonchev–Trinajstić information content (AvgIpc) is 2.69. The number of morpholine rings is 1. The summed E-state index contributed by atoms with van der Waals surface area (Å²) in [5, 5.41) is 8.90. The molecule has 1 aliphatic heterocycles. The van der Waals surface area contributed by atoms with E-state index < -0.39 is 12.0 Å². The molecule has 0 bridgehead atoms. The number of ether oxygens (including phenoxy) is 1. The molecule has 2 heterocycles. The zero-order chi connectivity index (χ0) is 14.0. The van der Waals surface area contributed by atoms with Crippen LogP contribution in [0.25, 0.3) is 0 Å². The first-order chi connectivity index (χ1) is 9.00. The van der Waals surface area contributed by atoms with Gasteiger partial charge in [0.1, 0.15) is 5.69 Å². The lowest BCUT2D eigenvalue weighted by Gasteiger charge is -2.34. The zero-order valence-corrected chi connectivity index (χ0v) is 11.1. The van der Waals surface area contributed by atoms with Crippen LogP contribution in [0.1, 0.15) is 22.6 Å². The number of carboxylic acids is 1. The molecule has 0 spiro atoms. The Morgan fingerprint density at radius 2 is 2.21 bits per heavy atom. The van der Waals surface area contributed by atoms with Crippen molar-refractivity contribution >= 4 is 11.9 Å². The molecule has 2 rings (SSSR count). The average molecular weight is 266 g/mol. The number of carboxylic acid groups (broad SMARTS) is 1. The van der Waals surface area contributed by atoms with Crippen molar-refractivity contribution in [2.75, 3.05) is 19.8 Å². The maximum Gasteiger partial charge on any atom is 0.305 e. The number of nitrogens with zero attached hydrogens (tertiary/aromatic N) is 2. The molecule has 1 amide bonds. The van der Waals surface area contributed by atoms with E-state index in [0.717, 1.165) is 5.69 Å². The number of hydrogen-bond acceptors (Lipinski definition) is 3. The third-order valence-electron chi connectivity index (χ3n) is 3.49. The number of hydrogen-bond donors (Lipinski definition) is 1. The fourth-order valence-corrected chi connectivity index (χ4v) is 2.27. The molecule has 0 aromatic carbocycles. The second-order valence-corrected chi connectivity index (χ2v) is 4.74. The minimum atomic E-state index is -0.920. The second-order valence-electron chi connectivity index (χ2n) is 4.74. The fraction of sp³-hybridized carbons (Fsp3) is 0.538. The first-order valence-corrected chi connectivity index (χ1v) is 6.23. The van der Waals surface area contributed by atoms with Crippen LogP contribution in [0.2, 0.25) is 0 Å². The Hall–Kier alpha value is -1.82. The highest BCUT2D eigenvalue weighted by Gasteiger charge is 2.30. The normalized spacial score (nSPS) is 19.5. The summed E-state index contributed by atoms with van der Waals surface area (Å²) < 4.78 is 7.09. The van der Waals surface area contributed by atoms with Crippen LogP contribution in [-0.4, -0.2) is 52.3 Å². The minimum absolute atomic E-state index is 0.0881. The largest absolute Gasteiger partial charge is 0.481 e. The van der Waals surface area contributed by atoms with Crippen LogP contribution >= 0.6 is 0 Å². The smallest absolute Gasteiger partial charge is 0.305 e. The molecule has 1 aromatic heterocycles. The lowest BCUT2D eigenvalue weighted by Crippen LogP contribution is -2.50. The summed E-state index contributed by atoms with van der Waals surface area (Å²) in [5.74, 6) is -1.05. The van der Waals surface area contributed by atoms with Crippen LogP contribution in [0, 0.1) is 6.92 Å². The molecule has 19 heavy (non-hydrogen) atoms. The summed E-state index contributed by atoms with van der Waals surface area (Å²) in [4.78, 5) is 24.9. The minimum Gasteiger partial charge on any atom is -0.481 e. The molecular formula is C13H18N2O4. The van der Waals surface area contributed by atoms with Crippen molar-refractivity contribution in [3.05, 3.63) is 23.5 Å². The molecule has 1 aliphatic rings. The van der Waals surface area contributed by atoms with Gasteiger partial charge in [0.2, 0.25) is 0 Å². The molecule has 0 saturated carbocycles. The Balaban J connectivity index is 2.20. The van der Waals surface area contributed by atoms with Gasteiger partial charge in [0.15, 0.2) is 0 Å². The molecule has 6 nitrogen and oxygen atoms in total. The van der Waals surface area contributed by atoms with Crippen LogP contribution in [-0.2, 0) is 16.6 Å². The van der Waals surface area contributed by atoms with E-state index in [-0.39, 0.29) is 18.9 Å². The number of carbonyl (C=O) groups is 2. The third kappa shape index (κ3) is 2.78. The van der Waals surface area contributed by atoms with Crippen molar-refractivity contribution in [2.45, 2.75) is 19.4 Å². The van der Waals surface area contributed by atoms with Crippen LogP contribution in [0.4, 0.5) is 0 Å². The number of aliphatic carboxylic acids is 1. The van der Waals surface area contributed by atoms with Crippen molar-refractivity contribution in [1.29, 1.82) is 0 Å². The maximum absolute atomic E-state index is 12.5. The van der Waals surface area contributed by atoms with Gasteiger partial charge in [-0.25, -0.2) is 0 Å². The van der Waals surface area contributed by atoms with Gasteiger partial charge in [0, 0.05) is 19.3 Å². The van der Waals surface area contributed by atoms with Gasteiger partial charge in [-0.15, -0.1) is 0 Å². The number of amides is 1. The summed E-state index contributed by atoms with van der Waals surface area (Å²) in [7, 11) is 1.83. The van der Waals surface area contributed by atoms with Gasteiger partial charge in [0.25, 0.3) is 5.91 Å². The van der Waals surface area contributed by atoms with Crippen LogP contribution in [0.3, 0.4) is 0 Å². The second kappa shape index (κ2) is 5.44. The molecule has 1 unspecified atom stereocenters. The van der Waals surface area contributed by atoms with Gasteiger partial charge in [-0.1, -0.05) is 0 Å². The number of carbonyl (C=O) groups excluding carboxylic acids is 1. The standard InChI is InChI=1S/C13H18N2O4/c1-9-3-4-11(14(9)2)13(18)15-5-6-19-8-10(15)7-12(16)17/h3-4,10H,5-8H2,1-2H3,(H,16,17). The first kappa shape index (κ1) is 13.6. The molecule has 1 N–H and O–H groups in total. The molecule has 1 aromatic rings. The van der Waals surface area contributed by atoms with Crippen molar-refractivity contribution in [3.63, 3.8) is 0 Å². The fourth-order valence-electron chi connectivity index (χ4n) is 2.27. The first-order valence-electron chi connectivity index (χ1n) is 6.23. The predicted molar refractivity (Wildman–Crippen MR) is 68.0 cm³/mol. The van der Waals surface area contributed by atoms with Crippen molar-refractivity contribution in [3.8, 4) is 0 Å². The maximum atomic E-state index is 12.5. The Kier molecular flexibility index (Phi) is 3.90. The Bertz CT molecular complexity index is 495. The summed E-state index contributed by atoms with van der Waals surface area (Å²) in [6, 6.07) is 3.25. The van der Waals surface area contributed by atoms with Crippen LogP contribution in [0.15, 0.2) is 12.1 Å². The highest BCUT2D eigenvalue weighted by molar-refractivity contribution is 5.93. The molecule has 1 fully saturated rings. The number of aryl methyl sites for hydroxylation is 1. The van der Waals surface area contributed by atoms with E-state index in [1.54, 1.807) is 11.0 Å². The Labute approximate surface area is 111 Å². The summed E-state index contributed by atoms with van der Waals surface area (Å²) in [6.07, 6.45) is -0.0881. The van der Waals surface area contributed by atoms with Gasteiger partial charge in [0.05, 0.1) is 25.7 Å². The highest BCUT2D eigenvalue weighted by Crippen LogP contribution is 2.16. The summed E-state index contributed by atoms with van der Waals surface area (Å²) in [5.41, 5.74) is 1.57. The van der Waals surface area contributed by atoms with E-state index in [4.69, 9.17) is 9.84 Å². The molecule has 0 aliphatic carbocycles. The van der Waals surface area contributed by atoms with Gasteiger partial charge < -0.3 is 19.3 Å². The van der Waals surface area contributed by atoms with Crippen LogP contribution in [0.5, 0.6) is 0 Å². The number of aromatic nitrogens is 1. The van der Waals surface area contributed by atoms with Crippen molar-refractivity contribution in [2.24, 2.45) is 7.05 Å². The third-order valence-corrected chi connectivity index (χ3v) is 3.49. The zero-order valence-electron chi connectivity index (χ0n) is 11.1. The molecule has 1 saturated heterocycles. The SMILES string of the molecule is Cc1ccc(C(=O)N2CCOCC2CC(=O)O)n1C. The molecule has 104 valence electrons. The van der Waals surface area contributed by atoms with E-state index in [9.17, 15) is 9.59 Å². The van der Waals surface area contributed by atoms with E-state index >= 15 is 0 Å². The van der Waals surface area contributed by atoms with Gasteiger partial charge in [-0.3, -0.25) is 9.59 Å². The molecule has 0 radical (unpaired) electrons. The number of rotatable bonds is 3. The molecule has 1 atom stereocenters. The van der Waals surface area contributed by atoms with Crippen molar-refractivity contribution < 1.29 is 19.4 Å². The lowest BCUT2D eigenvalue weighted by atomic mass is 10.1.